The van der Waals surface area contributed by atoms with Crippen LogP contribution >= 0.6 is 0 Å². The molecule has 0 aliphatic rings. The summed E-state index contributed by atoms with van der Waals surface area (Å²) in [6.07, 6.45) is 0. The second kappa shape index (κ2) is 9.26. The number of nitrogens with zero attached hydrogens (tertiary/aromatic N) is 3. The molecule has 30 heavy (non-hydrogen) atoms. The Morgan fingerprint density at radius 2 is 1.37 bits per heavy atom. The van der Waals surface area contributed by atoms with E-state index in [2.05, 4.69) is 15.0 Å². The normalized spacial score (nSPS) is 11.0. The largest absolute Gasteiger partial charge is 0.462 e. The van der Waals surface area contributed by atoms with Crippen molar-refractivity contribution in [3.8, 4) is 11.1 Å². The van der Waals surface area contributed by atoms with Crippen LogP contribution in [0.15, 0.2) is 70.9 Å². The van der Waals surface area contributed by atoms with Crippen LogP contribution in [0.2, 0.25) is 0 Å². The van der Waals surface area contributed by atoms with Crippen molar-refractivity contribution in [3.05, 3.63) is 77.9 Å². The lowest BCUT2D eigenvalue weighted by Gasteiger charge is -2.11. The standard InChI is InChI=1S/C23H21F2N3O2/c1-4-30-23(29)22-20(24)13-16(14-21(22)25)15-5-7-17(8-6-15)26-27-18-9-11-19(12-10-18)28(2)3/h5-14H,4H2,1-3H3. The summed E-state index contributed by atoms with van der Waals surface area (Å²) >= 11 is 0. The highest BCUT2D eigenvalue weighted by Gasteiger charge is 2.20. The van der Waals surface area contributed by atoms with Crippen LogP contribution in [0.4, 0.5) is 25.8 Å². The summed E-state index contributed by atoms with van der Waals surface area (Å²) in [7, 11) is 3.92. The Kier molecular flexibility index (Phi) is 6.51. The number of azo groups is 1. The van der Waals surface area contributed by atoms with Crippen molar-refractivity contribution in [1.29, 1.82) is 0 Å². The van der Waals surface area contributed by atoms with E-state index in [9.17, 15) is 13.6 Å². The fraction of sp³-hybridized carbons (Fsp3) is 0.174. The third-order valence-electron chi connectivity index (χ3n) is 4.37. The fourth-order valence-electron chi connectivity index (χ4n) is 2.79. The average Bonchev–Trinajstić information content (AvgIpc) is 2.72. The number of anilines is 1. The first kappa shape index (κ1) is 21.1. The zero-order valence-electron chi connectivity index (χ0n) is 16.9. The molecular weight excluding hydrogens is 388 g/mol. The smallest absolute Gasteiger partial charge is 0.344 e. The van der Waals surface area contributed by atoms with E-state index in [-0.39, 0.29) is 6.61 Å². The zero-order valence-corrected chi connectivity index (χ0v) is 16.9. The van der Waals surface area contributed by atoms with Crippen LogP contribution in [0.1, 0.15) is 17.3 Å². The number of ether oxygens (including phenoxy) is 1. The molecule has 0 aliphatic carbocycles. The van der Waals surface area contributed by atoms with E-state index in [0.717, 1.165) is 17.8 Å². The number of esters is 1. The number of hydrogen-bond acceptors (Lipinski definition) is 5. The molecular formula is C23H21F2N3O2. The van der Waals surface area contributed by atoms with Crippen molar-refractivity contribution in [1.82, 2.24) is 0 Å². The Bertz CT molecular complexity index is 1040. The van der Waals surface area contributed by atoms with E-state index >= 15 is 0 Å². The minimum absolute atomic E-state index is 0.0370. The average molecular weight is 409 g/mol. The highest BCUT2D eigenvalue weighted by Crippen LogP contribution is 2.28. The molecule has 0 atom stereocenters. The van der Waals surface area contributed by atoms with E-state index in [4.69, 9.17) is 0 Å². The highest BCUT2D eigenvalue weighted by molar-refractivity contribution is 5.90. The van der Waals surface area contributed by atoms with Gasteiger partial charge in [0.2, 0.25) is 0 Å². The number of hydrogen-bond donors (Lipinski definition) is 0. The molecule has 3 aromatic carbocycles. The number of halogens is 2. The topological polar surface area (TPSA) is 54.3 Å². The molecule has 0 saturated heterocycles. The molecule has 7 heteroatoms. The third-order valence-corrected chi connectivity index (χ3v) is 4.37. The van der Waals surface area contributed by atoms with Gasteiger partial charge >= 0.3 is 5.97 Å². The highest BCUT2D eigenvalue weighted by atomic mass is 19.1. The minimum atomic E-state index is -1.02. The van der Waals surface area contributed by atoms with Crippen molar-refractivity contribution in [2.75, 3.05) is 25.6 Å². The molecule has 0 saturated carbocycles. The molecule has 3 rings (SSSR count). The van der Waals surface area contributed by atoms with Gasteiger partial charge in [0.1, 0.15) is 17.2 Å². The Labute approximate surface area is 173 Å². The summed E-state index contributed by atoms with van der Waals surface area (Å²) in [6.45, 7) is 1.61. The van der Waals surface area contributed by atoms with Crippen molar-refractivity contribution < 1.29 is 18.3 Å². The third kappa shape index (κ3) is 4.86. The van der Waals surface area contributed by atoms with Crippen molar-refractivity contribution in [2.24, 2.45) is 10.2 Å². The van der Waals surface area contributed by atoms with E-state index in [1.165, 1.54) is 0 Å². The molecule has 0 fully saturated rings. The molecule has 0 N–H and O–H groups in total. The summed E-state index contributed by atoms with van der Waals surface area (Å²) in [5.74, 6) is -2.95. The van der Waals surface area contributed by atoms with Crippen LogP contribution in [-0.2, 0) is 4.74 Å². The Morgan fingerprint density at radius 3 is 1.83 bits per heavy atom. The molecule has 0 spiro atoms. The maximum Gasteiger partial charge on any atom is 0.344 e. The van der Waals surface area contributed by atoms with Crippen LogP contribution in [0.3, 0.4) is 0 Å². The van der Waals surface area contributed by atoms with Crippen molar-refractivity contribution in [2.45, 2.75) is 6.92 Å². The first-order valence-corrected chi connectivity index (χ1v) is 9.34. The lowest BCUT2D eigenvalue weighted by atomic mass is 10.0. The van der Waals surface area contributed by atoms with Gasteiger partial charge in [-0.25, -0.2) is 13.6 Å². The van der Waals surface area contributed by atoms with Gasteiger partial charge in [-0.2, -0.15) is 10.2 Å². The lowest BCUT2D eigenvalue weighted by Crippen LogP contribution is -2.10. The predicted molar refractivity (Wildman–Crippen MR) is 113 cm³/mol. The quantitative estimate of drug-likeness (QED) is 0.355. The second-order valence-electron chi connectivity index (χ2n) is 6.69. The zero-order chi connectivity index (χ0) is 21.7. The Morgan fingerprint density at radius 1 is 0.867 bits per heavy atom. The van der Waals surface area contributed by atoms with Crippen molar-refractivity contribution >= 4 is 23.0 Å². The van der Waals surface area contributed by atoms with E-state index in [0.29, 0.717) is 22.5 Å². The molecule has 5 nitrogen and oxygen atoms in total. The molecule has 0 amide bonds. The monoisotopic (exact) mass is 409 g/mol. The van der Waals surface area contributed by atoms with Gasteiger partial charge in [-0.15, -0.1) is 0 Å². The van der Waals surface area contributed by atoms with Gasteiger partial charge in [-0.1, -0.05) is 12.1 Å². The molecule has 0 radical (unpaired) electrons. The molecule has 154 valence electrons. The SMILES string of the molecule is CCOC(=O)c1c(F)cc(-c2ccc(N=Nc3ccc(N(C)C)cc3)cc2)cc1F. The Hall–Kier alpha value is -3.61. The van der Waals surface area contributed by atoms with Crippen LogP contribution in [0.5, 0.6) is 0 Å². The second-order valence-corrected chi connectivity index (χ2v) is 6.69. The Balaban J connectivity index is 1.77. The van der Waals surface area contributed by atoms with Crippen LogP contribution in [-0.4, -0.2) is 26.7 Å². The number of rotatable bonds is 6. The van der Waals surface area contributed by atoms with Crippen LogP contribution in [0.25, 0.3) is 11.1 Å². The summed E-state index contributed by atoms with van der Waals surface area (Å²) in [6, 6.07) is 16.6. The number of carbonyl (C=O) groups excluding carboxylic acids is 1. The molecule has 0 aliphatic heterocycles. The van der Waals surface area contributed by atoms with Gasteiger partial charge in [0.25, 0.3) is 0 Å². The minimum Gasteiger partial charge on any atom is -0.462 e. The maximum absolute atomic E-state index is 14.3. The van der Waals surface area contributed by atoms with Gasteiger partial charge in [-0.05, 0) is 66.6 Å². The molecule has 0 bridgehead atoms. The van der Waals surface area contributed by atoms with Crippen LogP contribution in [0, 0.1) is 11.6 Å². The first-order chi connectivity index (χ1) is 14.4. The van der Waals surface area contributed by atoms with Crippen LogP contribution < -0.4 is 4.90 Å². The van der Waals surface area contributed by atoms with Gasteiger partial charge < -0.3 is 9.64 Å². The summed E-state index contributed by atoms with van der Waals surface area (Å²) in [5.41, 5.74) is 2.57. The van der Waals surface area contributed by atoms with Gasteiger partial charge in [0.05, 0.1) is 18.0 Å². The number of carbonyl (C=O) groups is 1. The summed E-state index contributed by atoms with van der Waals surface area (Å²) in [4.78, 5) is 13.7. The molecule has 0 heterocycles. The fourth-order valence-corrected chi connectivity index (χ4v) is 2.79. The maximum atomic E-state index is 14.3. The van der Waals surface area contributed by atoms with Gasteiger partial charge in [0, 0.05) is 19.8 Å². The van der Waals surface area contributed by atoms with E-state index in [1.807, 2.05) is 43.3 Å². The lowest BCUT2D eigenvalue weighted by molar-refractivity contribution is 0.0515. The first-order valence-electron chi connectivity index (χ1n) is 9.34. The van der Waals surface area contributed by atoms with E-state index in [1.54, 1.807) is 31.2 Å². The van der Waals surface area contributed by atoms with Gasteiger partial charge in [0.15, 0.2) is 0 Å². The van der Waals surface area contributed by atoms with Gasteiger partial charge in [-0.3, -0.25) is 0 Å². The summed E-state index contributed by atoms with van der Waals surface area (Å²) in [5, 5.41) is 8.37. The van der Waals surface area contributed by atoms with Crippen molar-refractivity contribution in [3.63, 3.8) is 0 Å². The molecule has 0 unspecified atom stereocenters. The molecule has 3 aromatic rings. The number of benzene rings is 3. The predicted octanol–water partition coefficient (Wildman–Crippen LogP) is 6.29. The molecule has 0 aromatic heterocycles. The van der Waals surface area contributed by atoms with E-state index < -0.39 is 23.2 Å². The summed E-state index contributed by atoms with van der Waals surface area (Å²) < 4.78 is 33.2.